The molecule has 1 unspecified atom stereocenters. The molecule has 3 N–H and O–H groups in total. The maximum Gasteiger partial charge on any atom is 0.349 e. The Hall–Kier alpha value is -2.23. The van der Waals surface area contributed by atoms with Crippen LogP contribution in [0.5, 0.6) is 0 Å². The number of ether oxygens (including phenoxy) is 1. The number of benzene rings is 1. The van der Waals surface area contributed by atoms with E-state index in [4.69, 9.17) is 9.88 Å². The van der Waals surface area contributed by atoms with Crippen LogP contribution in [0.25, 0.3) is 0 Å². The summed E-state index contributed by atoms with van der Waals surface area (Å²) in [6.45, 7) is 5.49. The van der Waals surface area contributed by atoms with Gasteiger partial charge in [0.05, 0.1) is 4.90 Å². The first-order valence-corrected chi connectivity index (χ1v) is 10.7. The van der Waals surface area contributed by atoms with Crippen LogP contribution in [-0.2, 0) is 26.0 Å². The molecule has 1 atom stereocenters. The lowest BCUT2D eigenvalue weighted by atomic mass is 10.1. The van der Waals surface area contributed by atoms with Crippen molar-refractivity contribution in [2.45, 2.75) is 44.6 Å². The summed E-state index contributed by atoms with van der Waals surface area (Å²) in [6.07, 6.45) is 0.863. The van der Waals surface area contributed by atoms with Gasteiger partial charge in [-0.05, 0) is 56.2 Å². The number of anilines is 1. The predicted octanol–water partition coefficient (Wildman–Crippen LogP) is 2.84. The Balaban J connectivity index is 1.98. The summed E-state index contributed by atoms with van der Waals surface area (Å²) in [4.78, 5) is 25.9. The second-order valence-corrected chi connectivity index (χ2v) is 8.87. The fourth-order valence-corrected chi connectivity index (χ4v) is 3.85. The van der Waals surface area contributed by atoms with Crippen molar-refractivity contribution >= 4 is 38.9 Å². The number of esters is 1. The monoisotopic (exact) mass is 410 g/mol. The van der Waals surface area contributed by atoms with Gasteiger partial charge >= 0.3 is 5.97 Å². The van der Waals surface area contributed by atoms with Crippen LogP contribution in [0.15, 0.2) is 35.2 Å². The van der Waals surface area contributed by atoms with E-state index < -0.39 is 28.0 Å². The minimum Gasteiger partial charge on any atom is -0.448 e. The highest BCUT2D eigenvalue weighted by Gasteiger charge is 2.21. The molecule has 0 spiro atoms. The Bertz CT molecular complexity index is 933. The maximum absolute atomic E-state index is 12.3. The van der Waals surface area contributed by atoms with Crippen LogP contribution in [0, 0.1) is 6.92 Å². The van der Waals surface area contributed by atoms with Crippen LogP contribution in [0.2, 0.25) is 0 Å². The van der Waals surface area contributed by atoms with Crippen molar-refractivity contribution in [1.29, 1.82) is 0 Å². The molecule has 0 saturated heterocycles. The fourth-order valence-electron chi connectivity index (χ4n) is 2.38. The number of primary sulfonamides is 1. The number of hydrogen-bond acceptors (Lipinski definition) is 6. The number of nitrogens with two attached hydrogens (primary N) is 1. The Kier molecular flexibility index (Phi) is 6.74. The fraction of sp³-hybridized carbons (Fsp3) is 0.333. The maximum atomic E-state index is 12.3. The highest BCUT2D eigenvalue weighted by molar-refractivity contribution is 7.89. The number of aryl methyl sites for hydroxylation is 2. The first-order chi connectivity index (χ1) is 12.6. The molecule has 2 rings (SSSR count). The van der Waals surface area contributed by atoms with Gasteiger partial charge in [0, 0.05) is 10.6 Å². The SMILES string of the molecule is CCCc1cc(C(=O)OC(C)C(=O)Nc2ccc(S(N)(=O)=O)cc2)sc1C. The Morgan fingerprint density at radius 1 is 1.26 bits per heavy atom. The molecule has 1 heterocycles. The Labute approximate surface area is 162 Å². The zero-order valence-electron chi connectivity index (χ0n) is 15.3. The minimum atomic E-state index is -3.80. The van der Waals surface area contributed by atoms with Crippen molar-refractivity contribution < 1.29 is 22.7 Å². The van der Waals surface area contributed by atoms with Crippen molar-refractivity contribution in [2.24, 2.45) is 5.14 Å². The van der Waals surface area contributed by atoms with Gasteiger partial charge in [-0.2, -0.15) is 0 Å². The molecule has 2 aromatic rings. The lowest BCUT2D eigenvalue weighted by Gasteiger charge is -2.13. The predicted molar refractivity (Wildman–Crippen MR) is 104 cm³/mol. The van der Waals surface area contributed by atoms with Gasteiger partial charge in [0.25, 0.3) is 5.91 Å². The van der Waals surface area contributed by atoms with E-state index in [1.807, 2.05) is 13.0 Å². The van der Waals surface area contributed by atoms with Crippen LogP contribution in [0.4, 0.5) is 5.69 Å². The van der Waals surface area contributed by atoms with E-state index in [1.54, 1.807) is 0 Å². The van der Waals surface area contributed by atoms with Gasteiger partial charge in [-0.3, -0.25) is 4.79 Å². The van der Waals surface area contributed by atoms with Crippen molar-refractivity contribution in [3.05, 3.63) is 45.6 Å². The Morgan fingerprint density at radius 2 is 1.89 bits per heavy atom. The molecular weight excluding hydrogens is 388 g/mol. The second kappa shape index (κ2) is 8.64. The van der Waals surface area contributed by atoms with E-state index in [2.05, 4.69) is 12.2 Å². The van der Waals surface area contributed by atoms with Crippen molar-refractivity contribution in [3.8, 4) is 0 Å². The molecule has 0 aliphatic heterocycles. The molecule has 7 nitrogen and oxygen atoms in total. The summed E-state index contributed by atoms with van der Waals surface area (Å²) in [5.74, 6) is -1.06. The molecular formula is C18H22N2O5S2. The first-order valence-electron chi connectivity index (χ1n) is 8.35. The van der Waals surface area contributed by atoms with Crippen molar-refractivity contribution in [3.63, 3.8) is 0 Å². The first kappa shape index (κ1) is 21.1. The summed E-state index contributed by atoms with van der Waals surface area (Å²) >= 11 is 1.35. The van der Waals surface area contributed by atoms with Gasteiger partial charge < -0.3 is 10.1 Å². The quantitative estimate of drug-likeness (QED) is 0.681. The van der Waals surface area contributed by atoms with Gasteiger partial charge in [-0.1, -0.05) is 13.3 Å². The Morgan fingerprint density at radius 3 is 2.44 bits per heavy atom. The van der Waals surface area contributed by atoms with Gasteiger partial charge in [0.1, 0.15) is 4.88 Å². The number of thiophene rings is 1. The van der Waals surface area contributed by atoms with E-state index >= 15 is 0 Å². The lowest BCUT2D eigenvalue weighted by molar-refractivity contribution is -0.123. The highest BCUT2D eigenvalue weighted by atomic mass is 32.2. The summed E-state index contributed by atoms with van der Waals surface area (Å²) in [5, 5.41) is 7.59. The van der Waals surface area contributed by atoms with Crippen LogP contribution in [0.3, 0.4) is 0 Å². The summed E-state index contributed by atoms with van der Waals surface area (Å²) in [5.41, 5.74) is 1.48. The summed E-state index contributed by atoms with van der Waals surface area (Å²) in [7, 11) is -3.80. The molecule has 1 amide bonds. The van der Waals surface area contributed by atoms with Crippen LogP contribution in [-0.4, -0.2) is 26.4 Å². The van der Waals surface area contributed by atoms with Gasteiger partial charge in [-0.25, -0.2) is 18.4 Å². The zero-order chi connectivity index (χ0) is 20.2. The van der Waals surface area contributed by atoms with E-state index in [-0.39, 0.29) is 4.90 Å². The number of nitrogens with one attached hydrogen (secondary N) is 1. The number of hydrogen-bond donors (Lipinski definition) is 2. The molecule has 0 saturated carbocycles. The van der Waals surface area contributed by atoms with Crippen LogP contribution >= 0.6 is 11.3 Å². The number of carbonyl (C=O) groups is 2. The number of carbonyl (C=O) groups excluding carboxylic acids is 2. The highest BCUT2D eigenvalue weighted by Crippen LogP contribution is 2.24. The zero-order valence-corrected chi connectivity index (χ0v) is 16.9. The molecule has 0 bridgehead atoms. The second-order valence-electron chi connectivity index (χ2n) is 6.05. The van der Waals surface area contributed by atoms with Gasteiger partial charge in [-0.15, -0.1) is 11.3 Å². The van der Waals surface area contributed by atoms with Gasteiger partial charge in [0.15, 0.2) is 6.10 Å². The third kappa shape index (κ3) is 5.62. The molecule has 9 heteroatoms. The number of rotatable bonds is 7. The molecule has 1 aromatic carbocycles. The van der Waals surface area contributed by atoms with E-state index in [0.29, 0.717) is 10.6 Å². The topological polar surface area (TPSA) is 116 Å². The number of sulfonamides is 1. The van der Waals surface area contributed by atoms with Crippen LogP contribution < -0.4 is 10.5 Å². The standard InChI is InChI=1S/C18H22N2O5S2/c1-4-5-13-10-16(26-12(13)3)18(22)25-11(2)17(21)20-14-6-8-15(9-7-14)27(19,23)24/h6-11H,4-5H2,1-3H3,(H,20,21)(H2,19,23,24). The molecule has 146 valence electrons. The molecule has 0 radical (unpaired) electrons. The van der Waals surface area contributed by atoms with Crippen molar-refractivity contribution in [2.75, 3.05) is 5.32 Å². The van der Waals surface area contributed by atoms with E-state index in [9.17, 15) is 18.0 Å². The van der Waals surface area contributed by atoms with E-state index in [0.717, 1.165) is 23.3 Å². The molecule has 1 aromatic heterocycles. The summed E-state index contributed by atoms with van der Waals surface area (Å²) in [6, 6.07) is 7.19. The minimum absolute atomic E-state index is 0.0593. The molecule has 27 heavy (non-hydrogen) atoms. The molecule has 0 aliphatic carbocycles. The average Bonchev–Trinajstić information content (AvgIpc) is 2.96. The average molecular weight is 411 g/mol. The van der Waals surface area contributed by atoms with Crippen molar-refractivity contribution in [1.82, 2.24) is 0 Å². The van der Waals surface area contributed by atoms with E-state index in [1.165, 1.54) is 42.5 Å². The summed E-state index contributed by atoms with van der Waals surface area (Å²) < 4.78 is 27.7. The molecule has 0 aliphatic rings. The largest absolute Gasteiger partial charge is 0.448 e. The normalized spacial score (nSPS) is 12.4. The third-order valence-electron chi connectivity index (χ3n) is 3.84. The van der Waals surface area contributed by atoms with Crippen LogP contribution in [0.1, 0.15) is 40.4 Å². The third-order valence-corrected chi connectivity index (χ3v) is 5.85. The smallest absolute Gasteiger partial charge is 0.349 e. The molecule has 0 fully saturated rings. The number of amides is 1. The van der Waals surface area contributed by atoms with Gasteiger partial charge in [0.2, 0.25) is 10.0 Å². The lowest BCUT2D eigenvalue weighted by Crippen LogP contribution is -2.29.